The third kappa shape index (κ3) is 2.78. The Morgan fingerprint density at radius 1 is 1.64 bits per heavy atom. The number of aromatic nitrogens is 3. The van der Waals surface area contributed by atoms with E-state index in [0.29, 0.717) is 18.2 Å². The summed E-state index contributed by atoms with van der Waals surface area (Å²) in [5.74, 6) is 0.469. The lowest BCUT2D eigenvalue weighted by atomic mass is 10.0. The van der Waals surface area contributed by atoms with Crippen LogP contribution in [-0.2, 0) is 13.2 Å². The molecule has 1 aromatic heterocycles. The molecular weight excluding hydrogens is 180 g/mol. The van der Waals surface area contributed by atoms with E-state index in [2.05, 4.69) is 24.2 Å². The molecule has 0 fully saturated rings. The van der Waals surface area contributed by atoms with E-state index in [1.54, 1.807) is 10.9 Å². The highest BCUT2D eigenvalue weighted by molar-refractivity contribution is 4.89. The van der Waals surface area contributed by atoms with Gasteiger partial charge in [0.15, 0.2) is 0 Å². The van der Waals surface area contributed by atoms with Crippen molar-refractivity contribution in [2.45, 2.75) is 39.5 Å². The van der Waals surface area contributed by atoms with Crippen LogP contribution in [0.1, 0.15) is 26.0 Å². The zero-order valence-electron chi connectivity index (χ0n) is 8.72. The third-order valence-electron chi connectivity index (χ3n) is 2.52. The zero-order chi connectivity index (χ0) is 10.6. The van der Waals surface area contributed by atoms with Gasteiger partial charge in [-0.15, -0.1) is 5.10 Å². The fraction of sp³-hybridized carbons (Fsp3) is 0.778. The average Bonchev–Trinajstić information content (AvgIpc) is 2.64. The van der Waals surface area contributed by atoms with Gasteiger partial charge in [0, 0.05) is 6.04 Å². The van der Waals surface area contributed by atoms with Gasteiger partial charge in [-0.2, -0.15) is 0 Å². The van der Waals surface area contributed by atoms with Crippen LogP contribution in [0.15, 0.2) is 6.20 Å². The molecule has 0 aliphatic heterocycles. The second kappa shape index (κ2) is 5.07. The van der Waals surface area contributed by atoms with Crippen LogP contribution in [0.5, 0.6) is 0 Å². The molecule has 14 heavy (non-hydrogen) atoms. The maximum Gasteiger partial charge on any atom is 0.108 e. The molecule has 2 atom stereocenters. The maximum atomic E-state index is 8.79. The fourth-order valence-electron chi connectivity index (χ4n) is 1.20. The van der Waals surface area contributed by atoms with E-state index in [1.165, 1.54) is 0 Å². The minimum absolute atomic E-state index is 0.0709. The monoisotopic (exact) mass is 198 g/mol. The van der Waals surface area contributed by atoms with E-state index in [1.807, 2.05) is 0 Å². The van der Waals surface area contributed by atoms with Gasteiger partial charge in [0.2, 0.25) is 0 Å². The Morgan fingerprint density at radius 3 is 2.86 bits per heavy atom. The number of rotatable bonds is 5. The predicted octanol–water partition coefficient (Wildman–Crippen LogP) is 0.144. The lowest BCUT2D eigenvalue weighted by Gasteiger charge is -2.17. The molecule has 3 N–H and O–H groups in total. The molecule has 0 unspecified atom stereocenters. The van der Waals surface area contributed by atoms with Gasteiger partial charge in [0.25, 0.3) is 0 Å². The molecule has 1 rings (SSSR count). The van der Waals surface area contributed by atoms with Crippen molar-refractivity contribution in [3.05, 3.63) is 11.9 Å². The summed E-state index contributed by atoms with van der Waals surface area (Å²) in [4.78, 5) is 0. The molecule has 80 valence electrons. The van der Waals surface area contributed by atoms with Gasteiger partial charge in [-0.25, -0.2) is 0 Å². The first kappa shape index (κ1) is 11.1. The van der Waals surface area contributed by atoms with Crippen molar-refractivity contribution in [2.75, 3.05) is 0 Å². The first-order chi connectivity index (χ1) is 6.67. The quantitative estimate of drug-likeness (QED) is 0.705. The molecule has 1 heterocycles. The summed E-state index contributed by atoms with van der Waals surface area (Å²) in [5.41, 5.74) is 6.54. The topological polar surface area (TPSA) is 77.0 Å². The third-order valence-corrected chi connectivity index (χ3v) is 2.52. The highest BCUT2D eigenvalue weighted by Crippen LogP contribution is 2.07. The van der Waals surface area contributed by atoms with Gasteiger partial charge in [-0.05, 0) is 5.92 Å². The summed E-state index contributed by atoms with van der Waals surface area (Å²) in [7, 11) is 0. The van der Waals surface area contributed by atoms with E-state index in [4.69, 9.17) is 10.8 Å². The number of hydrogen-bond donors (Lipinski definition) is 2. The Kier molecular flexibility index (Phi) is 4.03. The molecule has 0 spiro atoms. The number of aliphatic hydroxyl groups excluding tert-OH is 1. The van der Waals surface area contributed by atoms with Crippen LogP contribution in [-0.4, -0.2) is 26.1 Å². The Morgan fingerprint density at radius 2 is 2.36 bits per heavy atom. The van der Waals surface area contributed by atoms with Crippen molar-refractivity contribution in [3.63, 3.8) is 0 Å². The summed E-state index contributed by atoms with van der Waals surface area (Å²) in [6.07, 6.45) is 2.78. The van der Waals surface area contributed by atoms with E-state index in [9.17, 15) is 0 Å². The van der Waals surface area contributed by atoms with Crippen LogP contribution < -0.4 is 5.73 Å². The summed E-state index contributed by atoms with van der Waals surface area (Å²) in [6.45, 7) is 4.82. The van der Waals surface area contributed by atoms with E-state index >= 15 is 0 Å². The molecule has 0 saturated carbocycles. The van der Waals surface area contributed by atoms with Gasteiger partial charge >= 0.3 is 0 Å². The van der Waals surface area contributed by atoms with Crippen molar-refractivity contribution < 1.29 is 5.11 Å². The fourth-order valence-corrected chi connectivity index (χ4v) is 1.20. The smallest absolute Gasteiger partial charge is 0.108 e. The standard InChI is InChI=1S/C9H18N4O/c1-3-7(2)9(10)5-13-4-8(6-14)11-12-13/h4,7,9,14H,3,5-6,10H2,1-2H3/t7-,9+/m0/s1. The van der Waals surface area contributed by atoms with Crippen LogP contribution >= 0.6 is 0 Å². The van der Waals surface area contributed by atoms with E-state index in [-0.39, 0.29) is 12.6 Å². The Hall–Kier alpha value is -0.940. The molecular formula is C9H18N4O. The van der Waals surface area contributed by atoms with Gasteiger partial charge in [0.1, 0.15) is 5.69 Å². The molecule has 0 amide bonds. The second-order valence-electron chi connectivity index (χ2n) is 3.64. The molecule has 5 heteroatoms. The molecule has 0 aliphatic carbocycles. The SMILES string of the molecule is CC[C@H](C)[C@H](N)Cn1cc(CO)nn1. The highest BCUT2D eigenvalue weighted by Gasteiger charge is 2.12. The lowest BCUT2D eigenvalue weighted by Crippen LogP contribution is -2.32. The first-order valence-electron chi connectivity index (χ1n) is 4.92. The van der Waals surface area contributed by atoms with Crippen molar-refractivity contribution in [3.8, 4) is 0 Å². The molecule has 0 saturated heterocycles. The zero-order valence-corrected chi connectivity index (χ0v) is 8.72. The summed E-state index contributed by atoms with van der Waals surface area (Å²) < 4.78 is 1.68. The average molecular weight is 198 g/mol. The minimum atomic E-state index is -0.0709. The van der Waals surface area contributed by atoms with Crippen molar-refractivity contribution in [1.82, 2.24) is 15.0 Å². The van der Waals surface area contributed by atoms with E-state index in [0.717, 1.165) is 6.42 Å². The minimum Gasteiger partial charge on any atom is -0.390 e. The number of hydrogen-bond acceptors (Lipinski definition) is 4. The Balaban J connectivity index is 2.51. The normalized spacial score (nSPS) is 15.4. The van der Waals surface area contributed by atoms with Crippen LogP contribution in [0.3, 0.4) is 0 Å². The highest BCUT2D eigenvalue weighted by atomic mass is 16.3. The van der Waals surface area contributed by atoms with E-state index < -0.39 is 0 Å². The van der Waals surface area contributed by atoms with Gasteiger partial charge in [-0.3, -0.25) is 4.68 Å². The summed E-state index contributed by atoms with van der Waals surface area (Å²) >= 11 is 0. The van der Waals surface area contributed by atoms with Crippen molar-refractivity contribution in [1.29, 1.82) is 0 Å². The van der Waals surface area contributed by atoms with Gasteiger partial charge in [-0.1, -0.05) is 25.5 Å². The number of nitrogens with two attached hydrogens (primary N) is 1. The molecule has 0 bridgehead atoms. The maximum absolute atomic E-state index is 8.79. The summed E-state index contributed by atoms with van der Waals surface area (Å²) in [5, 5.41) is 16.4. The molecule has 5 nitrogen and oxygen atoms in total. The lowest BCUT2D eigenvalue weighted by molar-refractivity contribution is 0.276. The number of aliphatic hydroxyl groups is 1. The molecule has 1 aromatic rings. The number of nitrogens with zero attached hydrogens (tertiary/aromatic N) is 3. The molecule has 0 radical (unpaired) electrons. The van der Waals surface area contributed by atoms with Gasteiger partial charge in [0.05, 0.1) is 19.3 Å². The van der Waals surface area contributed by atoms with Crippen LogP contribution in [0.2, 0.25) is 0 Å². The van der Waals surface area contributed by atoms with Crippen LogP contribution in [0, 0.1) is 5.92 Å². The van der Waals surface area contributed by atoms with Crippen LogP contribution in [0.4, 0.5) is 0 Å². The second-order valence-corrected chi connectivity index (χ2v) is 3.64. The first-order valence-corrected chi connectivity index (χ1v) is 4.92. The van der Waals surface area contributed by atoms with Crippen LogP contribution in [0.25, 0.3) is 0 Å². The molecule has 0 aliphatic rings. The van der Waals surface area contributed by atoms with Crippen molar-refractivity contribution >= 4 is 0 Å². The van der Waals surface area contributed by atoms with Crippen molar-refractivity contribution in [2.24, 2.45) is 11.7 Å². The largest absolute Gasteiger partial charge is 0.390 e. The predicted molar refractivity (Wildman–Crippen MR) is 53.4 cm³/mol. The van der Waals surface area contributed by atoms with Gasteiger partial charge < -0.3 is 10.8 Å². The Labute approximate surface area is 83.9 Å². The Bertz CT molecular complexity index is 274. The molecule has 0 aromatic carbocycles. The summed E-state index contributed by atoms with van der Waals surface area (Å²) in [6, 6.07) is 0.0910.